The van der Waals surface area contributed by atoms with Crippen molar-refractivity contribution in [1.29, 1.82) is 0 Å². The summed E-state index contributed by atoms with van der Waals surface area (Å²) in [4.78, 5) is 26.6. The number of ether oxygens (including phenoxy) is 1. The topological polar surface area (TPSA) is 58.6 Å². The van der Waals surface area contributed by atoms with Crippen molar-refractivity contribution < 1.29 is 14.3 Å². The van der Waals surface area contributed by atoms with Gasteiger partial charge >= 0.3 is 0 Å². The maximum atomic E-state index is 12.4. The lowest BCUT2D eigenvalue weighted by molar-refractivity contribution is 0.0772. The first-order valence-corrected chi connectivity index (χ1v) is 7.94. The van der Waals surface area contributed by atoms with Crippen molar-refractivity contribution in [2.45, 2.75) is 13.8 Å². The smallest absolute Gasteiger partial charge is 0.259 e. The zero-order chi connectivity index (χ0) is 17.5. The number of carbonyl (C=O) groups excluding carboxylic acids is 2. The minimum Gasteiger partial charge on any atom is -0.496 e. The summed E-state index contributed by atoms with van der Waals surface area (Å²) in [6.45, 7) is 5.17. The molecule has 2 aromatic carbocycles. The Kier molecular flexibility index (Phi) is 5.95. The number of carbonyl (C=O) groups is 2. The van der Waals surface area contributed by atoms with Crippen molar-refractivity contribution >= 4 is 17.5 Å². The maximum absolute atomic E-state index is 12.4. The summed E-state index contributed by atoms with van der Waals surface area (Å²) in [6.07, 6.45) is 0. The highest BCUT2D eigenvalue weighted by Crippen LogP contribution is 2.20. The SMILES string of the molecule is CCN(CC)C(=O)c1cccc(NC(=O)c2ccccc2OC)c1. The van der Waals surface area contributed by atoms with Gasteiger partial charge < -0.3 is 15.0 Å². The quantitative estimate of drug-likeness (QED) is 0.885. The summed E-state index contributed by atoms with van der Waals surface area (Å²) in [5.74, 6) is 0.179. The van der Waals surface area contributed by atoms with Crippen molar-refractivity contribution in [2.24, 2.45) is 0 Å². The summed E-state index contributed by atoms with van der Waals surface area (Å²) in [5, 5.41) is 2.81. The zero-order valence-corrected chi connectivity index (χ0v) is 14.2. The van der Waals surface area contributed by atoms with E-state index in [9.17, 15) is 9.59 Å². The highest BCUT2D eigenvalue weighted by molar-refractivity contribution is 6.06. The van der Waals surface area contributed by atoms with Crippen LogP contribution in [0.5, 0.6) is 5.75 Å². The van der Waals surface area contributed by atoms with Gasteiger partial charge in [-0.2, -0.15) is 0 Å². The van der Waals surface area contributed by atoms with Crippen LogP contribution >= 0.6 is 0 Å². The van der Waals surface area contributed by atoms with E-state index < -0.39 is 0 Å². The van der Waals surface area contributed by atoms with E-state index in [2.05, 4.69) is 5.32 Å². The first-order valence-electron chi connectivity index (χ1n) is 7.94. The number of amides is 2. The molecule has 0 aromatic heterocycles. The molecule has 0 aliphatic rings. The van der Waals surface area contributed by atoms with Gasteiger partial charge in [-0.15, -0.1) is 0 Å². The summed E-state index contributed by atoms with van der Waals surface area (Å²) >= 11 is 0. The molecule has 0 spiro atoms. The molecule has 2 aromatic rings. The maximum Gasteiger partial charge on any atom is 0.259 e. The first-order chi connectivity index (χ1) is 11.6. The van der Waals surface area contributed by atoms with Crippen molar-refractivity contribution in [3.8, 4) is 5.75 Å². The molecule has 126 valence electrons. The first kappa shape index (κ1) is 17.5. The van der Waals surface area contributed by atoms with Gasteiger partial charge in [-0.1, -0.05) is 18.2 Å². The van der Waals surface area contributed by atoms with Gasteiger partial charge in [0.25, 0.3) is 11.8 Å². The molecule has 0 radical (unpaired) electrons. The van der Waals surface area contributed by atoms with Gasteiger partial charge in [0, 0.05) is 24.3 Å². The van der Waals surface area contributed by atoms with Gasteiger partial charge in [-0.05, 0) is 44.2 Å². The molecule has 0 saturated carbocycles. The minimum atomic E-state index is -0.278. The van der Waals surface area contributed by atoms with Gasteiger partial charge in [0.1, 0.15) is 5.75 Å². The number of hydrogen-bond acceptors (Lipinski definition) is 3. The summed E-state index contributed by atoms with van der Waals surface area (Å²) < 4.78 is 5.21. The third-order valence-corrected chi connectivity index (χ3v) is 3.77. The molecule has 0 atom stereocenters. The van der Waals surface area contributed by atoms with Gasteiger partial charge in [-0.25, -0.2) is 0 Å². The second-order valence-corrected chi connectivity index (χ2v) is 5.21. The Morgan fingerprint density at radius 1 is 1.04 bits per heavy atom. The Hall–Kier alpha value is -2.82. The number of rotatable bonds is 6. The number of nitrogens with zero attached hydrogens (tertiary/aromatic N) is 1. The molecule has 2 rings (SSSR count). The average molecular weight is 326 g/mol. The molecule has 0 heterocycles. The molecule has 1 N–H and O–H groups in total. The standard InChI is InChI=1S/C19H22N2O3/c1-4-21(5-2)19(23)14-9-8-10-15(13-14)20-18(22)16-11-6-7-12-17(16)24-3/h6-13H,4-5H2,1-3H3,(H,20,22). The predicted molar refractivity (Wildman–Crippen MR) is 94.6 cm³/mol. The monoisotopic (exact) mass is 326 g/mol. The lowest BCUT2D eigenvalue weighted by Crippen LogP contribution is -2.30. The Morgan fingerprint density at radius 2 is 1.75 bits per heavy atom. The van der Waals surface area contributed by atoms with E-state index >= 15 is 0 Å². The number of benzene rings is 2. The van der Waals surface area contributed by atoms with Crippen LogP contribution in [0, 0.1) is 0 Å². The van der Waals surface area contributed by atoms with Gasteiger partial charge in [0.15, 0.2) is 0 Å². The van der Waals surface area contributed by atoms with Gasteiger partial charge in [0.05, 0.1) is 12.7 Å². The second kappa shape index (κ2) is 8.15. The zero-order valence-electron chi connectivity index (χ0n) is 14.2. The normalized spacial score (nSPS) is 10.1. The van der Waals surface area contributed by atoms with E-state index in [1.54, 1.807) is 53.4 Å². The number of nitrogens with one attached hydrogen (secondary N) is 1. The Labute approximate surface area is 142 Å². The number of methoxy groups -OCH3 is 1. The molecular formula is C19H22N2O3. The van der Waals surface area contributed by atoms with E-state index in [1.807, 2.05) is 13.8 Å². The lowest BCUT2D eigenvalue weighted by Gasteiger charge is -2.19. The predicted octanol–water partition coefficient (Wildman–Crippen LogP) is 3.43. The Balaban J connectivity index is 2.20. The number of para-hydroxylation sites is 1. The van der Waals surface area contributed by atoms with Crippen molar-refractivity contribution in [1.82, 2.24) is 4.90 Å². The largest absolute Gasteiger partial charge is 0.496 e. The molecule has 0 aliphatic heterocycles. The minimum absolute atomic E-state index is 0.0478. The van der Waals surface area contributed by atoms with Crippen LogP contribution in [0.4, 0.5) is 5.69 Å². The molecule has 0 bridgehead atoms. The van der Waals surface area contributed by atoms with Crippen LogP contribution < -0.4 is 10.1 Å². The second-order valence-electron chi connectivity index (χ2n) is 5.21. The van der Waals surface area contributed by atoms with E-state index in [-0.39, 0.29) is 11.8 Å². The summed E-state index contributed by atoms with van der Waals surface area (Å²) in [5.41, 5.74) is 1.57. The van der Waals surface area contributed by atoms with Crippen molar-refractivity contribution in [3.63, 3.8) is 0 Å². The molecule has 0 unspecified atom stereocenters. The van der Waals surface area contributed by atoms with Gasteiger partial charge in [-0.3, -0.25) is 9.59 Å². The molecule has 0 saturated heterocycles. The van der Waals surface area contributed by atoms with Crippen molar-refractivity contribution in [3.05, 3.63) is 59.7 Å². The molecule has 5 nitrogen and oxygen atoms in total. The fraction of sp³-hybridized carbons (Fsp3) is 0.263. The van der Waals surface area contributed by atoms with Crippen LogP contribution in [0.25, 0.3) is 0 Å². The highest BCUT2D eigenvalue weighted by atomic mass is 16.5. The summed E-state index contributed by atoms with van der Waals surface area (Å²) in [7, 11) is 1.52. The molecule has 5 heteroatoms. The van der Waals surface area contributed by atoms with E-state index in [4.69, 9.17) is 4.74 Å². The van der Waals surface area contributed by atoms with E-state index in [0.29, 0.717) is 35.7 Å². The fourth-order valence-corrected chi connectivity index (χ4v) is 2.45. The molecule has 0 fully saturated rings. The fourth-order valence-electron chi connectivity index (χ4n) is 2.45. The third-order valence-electron chi connectivity index (χ3n) is 3.77. The number of anilines is 1. The molecule has 24 heavy (non-hydrogen) atoms. The van der Waals surface area contributed by atoms with Crippen LogP contribution in [0.15, 0.2) is 48.5 Å². The van der Waals surface area contributed by atoms with Crippen molar-refractivity contribution in [2.75, 3.05) is 25.5 Å². The highest BCUT2D eigenvalue weighted by Gasteiger charge is 2.15. The number of hydrogen-bond donors (Lipinski definition) is 1. The van der Waals surface area contributed by atoms with Gasteiger partial charge in [0.2, 0.25) is 0 Å². The van der Waals surface area contributed by atoms with Crippen LogP contribution in [0.3, 0.4) is 0 Å². The van der Waals surface area contributed by atoms with E-state index in [1.165, 1.54) is 7.11 Å². The Bertz CT molecular complexity index is 724. The van der Waals surface area contributed by atoms with Crippen LogP contribution in [-0.4, -0.2) is 36.9 Å². The lowest BCUT2D eigenvalue weighted by atomic mass is 10.1. The van der Waals surface area contributed by atoms with Crippen LogP contribution in [0.1, 0.15) is 34.6 Å². The molecular weight excluding hydrogens is 304 g/mol. The molecule has 0 aliphatic carbocycles. The van der Waals surface area contributed by atoms with Crippen LogP contribution in [-0.2, 0) is 0 Å². The molecule has 2 amide bonds. The third kappa shape index (κ3) is 3.93. The Morgan fingerprint density at radius 3 is 2.42 bits per heavy atom. The summed E-state index contributed by atoms with van der Waals surface area (Å²) in [6, 6.07) is 14.0. The van der Waals surface area contributed by atoms with E-state index in [0.717, 1.165) is 0 Å². The van der Waals surface area contributed by atoms with Crippen LogP contribution in [0.2, 0.25) is 0 Å². The average Bonchev–Trinajstić information content (AvgIpc) is 2.62.